The summed E-state index contributed by atoms with van der Waals surface area (Å²) in [7, 11) is 1.16. The largest absolute Gasteiger partial charge is 0.467 e. The molecule has 3 heterocycles. The van der Waals surface area contributed by atoms with Crippen molar-refractivity contribution < 1.29 is 23.2 Å². The van der Waals surface area contributed by atoms with Gasteiger partial charge in [-0.25, -0.2) is 9.48 Å². The van der Waals surface area contributed by atoms with Crippen molar-refractivity contribution in [1.82, 2.24) is 29.7 Å². The molecule has 0 bridgehead atoms. The lowest BCUT2D eigenvalue weighted by molar-refractivity contribution is -0.154. The third kappa shape index (κ3) is 4.69. The standard InChI is InChI=1S/C20H19Cl2N7O4/c1-26-8-12(7-23-26)5-16(20(32)33-2)28-11-18(30)27(10-19(28)31)15-6-13(21)3-4-14(15)29-9-17(22)24-25-29/h3-4,6-9,16H,5,10-11H2,1-2H3/i1D3. The Balaban J connectivity index is 1.61. The summed E-state index contributed by atoms with van der Waals surface area (Å²) < 4.78 is 29.3. The highest BCUT2D eigenvalue weighted by molar-refractivity contribution is 6.31. The molecule has 0 spiro atoms. The second kappa shape index (κ2) is 9.20. The molecular weight excluding hydrogens is 473 g/mol. The van der Waals surface area contributed by atoms with Crippen LogP contribution in [0.5, 0.6) is 0 Å². The highest BCUT2D eigenvalue weighted by Crippen LogP contribution is 2.30. The van der Waals surface area contributed by atoms with Crippen molar-refractivity contribution in [2.75, 3.05) is 25.1 Å². The number of ether oxygens (including phenoxy) is 1. The Morgan fingerprint density at radius 3 is 2.70 bits per heavy atom. The molecule has 1 fully saturated rings. The van der Waals surface area contributed by atoms with Crippen molar-refractivity contribution in [2.45, 2.75) is 12.5 Å². The van der Waals surface area contributed by atoms with Crippen LogP contribution in [0.3, 0.4) is 0 Å². The molecule has 33 heavy (non-hydrogen) atoms. The number of carbonyl (C=O) groups is 3. The second-order valence-corrected chi connectivity index (χ2v) is 7.98. The Bertz CT molecular complexity index is 1330. The summed E-state index contributed by atoms with van der Waals surface area (Å²) in [4.78, 5) is 41.3. The van der Waals surface area contributed by atoms with Crippen molar-refractivity contribution in [3.8, 4) is 5.69 Å². The Morgan fingerprint density at radius 2 is 2.03 bits per heavy atom. The number of halogens is 2. The molecule has 1 saturated heterocycles. The van der Waals surface area contributed by atoms with Gasteiger partial charge in [0.25, 0.3) is 0 Å². The molecule has 0 aliphatic carbocycles. The molecule has 1 atom stereocenters. The van der Waals surface area contributed by atoms with Crippen molar-refractivity contribution in [3.05, 3.63) is 52.5 Å². The molecule has 0 saturated carbocycles. The van der Waals surface area contributed by atoms with Crippen LogP contribution in [0, 0.1) is 0 Å². The summed E-state index contributed by atoms with van der Waals surface area (Å²) in [6.45, 7) is -3.33. The molecule has 1 aromatic carbocycles. The third-order valence-electron chi connectivity index (χ3n) is 5.08. The fourth-order valence-electron chi connectivity index (χ4n) is 3.55. The number of amides is 2. The molecule has 3 aromatic rings. The van der Waals surface area contributed by atoms with Gasteiger partial charge in [-0.05, 0) is 23.8 Å². The van der Waals surface area contributed by atoms with Gasteiger partial charge in [-0.15, -0.1) is 5.10 Å². The minimum Gasteiger partial charge on any atom is -0.467 e. The summed E-state index contributed by atoms with van der Waals surface area (Å²) in [6.07, 6.45) is 3.88. The van der Waals surface area contributed by atoms with Crippen molar-refractivity contribution in [2.24, 2.45) is 6.98 Å². The van der Waals surface area contributed by atoms with Crippen LogP contribution in [0.2, 0.25) is 10.2 Å². The minimum absolute atomic E-state index is 0.0956. The predicted molar refractivity (Wildman–Crippen MR) is 118 cm³/mol. The Hall–Kier alpha value is -3.44. The van der Waals surface area contributed by atoms with Gasteiger partial charge in [0.15, 0.2) is 5.15 Å². The molecule has 1 unspecified atom stereocenters. The average molecular weight is 495 g/mol. The van der Waals surface area contributed by atoms with Crippen molar-refractivity contribution in [3.63, 3.8) is 0 Å². The van der Waals surface area contributed by atoms with Crippen molar-refractivity contribution in [1.29, 1.82) is 0 Å². The molecular formula is C20H19Cl2N7O4. The maximum absolute atomic E-state index is 13.2. The van der Waals surface area contributed by atoms with Crippen LogP contribution in [-0.2, 0) is 32.5 Å². The first-order chi connectivity index (χ1) is 17.0. The number of anilines is 1. The van der Waals surface area contributed by atoms with Gasteiger partial charge in [0.05, 0.1) is 30.9 Å². The SMILES string of the molecule is [2H]C([2H])([2H])n1cc(CC(C(=O)OC)N2CC(=O)N(c3cc(Cl)ccc3-n3cc(Cl)nn3)CC2=O)cn1. The Labute approximate surface area is 202 Å². The highest BCUT2D eigenvalue weighted by atomic mass is 35.5. The molecule has 1 aliphatic rings. The lowest BCUT2D eigenvalue weighted by atomic mass is 10.1. The van der Waals surface area contributed by atoms with E-state index in [9.17, 15) is 14.4 Å². The predicted octanol–water partition coefficient (Wildman–Crippen LogP) is 1.27. The zero-order valence-corrected chi connectivity index (χ0v) is 18.7. The summed E-state index contributed by atoms with van der Waals surface area (Å²) in [5, 5.41) is 11.9. The van der Waals surface area contributed by atoms with E-state index in [1.54, 1.807) is 12.1 Å². The summed E-state index contributed by atoms with van der Waals surface area (Å²) in [5.41, 5.74) is 1.09. The lowest BCUT2D eigenvalue weighted by Crippen LogP contribution is -2.59. The van der Waals surface area contributed by atoms with Gasteiger partial charge in [0.2, 0.25) is 11.8 Å². The van der Waals surface area contributed by atoms with Gasteiger partial charge in [-0.3, -0.25) is 19.2 Å². The van der Waals surface area contributed by atoms with E-state index >= 15 is 0 Å². The van der Waals surface area contributed by atoms with Crippen LogP contribution < -0.4 is 4.90 Å². The topological polar surface area (TPSA) is 115 Å². The summed E-state index contributed by atoms with van der Waals surface area (Å²) >= 11 is 12.0. The number of rotatable bonds is 6. The van der Waals surface area contributed by atoms with Crippen LogP contribution in [0.15, 0.2) is 36.8 Å². The van der Waals surface area contributed by atoms with Crippen molar-refractivity contribution >= 4 is 46.7 Å². The number of esters is 1. The van der Waals surface area contributed by atoms with Gasteiger partial charge < -0.3 is 9.64 Å². The fraction of sp³-hybridized carbons (Fsp3) is 0.300. The van der Waals surface area contributed by atoms with Gasteiger partial charge >= 0.3 is 5.97 Å². The average Bonchev–Trinajstić information content (AvgIpc) is 3.47. The Morgan fingerprint density at radius 1 is 1.21 bits per heavy atom. The maximum Gasteiger partial charge on any atom is 0.328 e. The number of nitrogens with zero attached hydrogens (tertiary/aromatic N) is 7. The Kier molecular flexibility index (Phi) is 5.32. The first-order valence-corrected chi connectivity index (χ1v) is 10.3. The molecule has 0 N–H and O–H groups in total. The number of aryl methyl sites for hydroxylation is 1. The van der Waals surface area contributed by atoms with Crippen LogP contribution in [0.4, 0.5) is 5.69 Å². The molecule has 172 valence electrons. The number of hydrogen-bond donors (Lipinski definition) is 0. The molecule has 0 radical (unpaired) electrons. The molecule has 2 aromatic heterocycles. The van der Waals surface area contributed by atoms with Crippen LogP contribution in [0.1, 0.15) is 9.68 Å². The summed E-state index contributed by atoms with van der Waals surface area (Å²) in [6, 6.07) is 3.53. The number of aromatic nitrogens is 5. The molecule has 2 amide bonds. The van der Waals surface area contributed by atoms with Gasteiger partial charge in [0, 0.05) is 28.7 Å². The minimum atomic E-state index is -2.50. The zero-order chi connectivity index (χ0) is 26.2. The number of carbonyl (C=O) groups excluding carboxylic acids is 3. The number of methoxy groups -OCH3 is 1. The van der Waals surface area contributed by atoms with E-state index in [0.29, 0.717) is 22.0 Å². The van der Waals surface area contributed by atoms with Crippen LogP contribution in [0.25, 0.3) is 5.69 Å². The van der Waals surface area contributed by atoms with Crippen LogP contribution in [-0.4, -0.2) is 73.7 Å². The summed E-state index contributed by atoms with van der Waals surface area (Å²) in [5.74, 6) is -1.78. The quantitative estimate of drug-likeness (QED) is 0.473. The molecule has 1 aliphatic heterocycles. The van der Waals surface area contributed by atoms with Crippen LogP contribution >= 0.6 is 23.2 Å². The van der Waals surface area contributed by atoms with E-state index < -0.39 is 43.9 Å². The maximum atomic E-state index is 13.2. The third-order valence-corrected chi connectivity index (χ3v) is 5.48. The van der Waals surface area contributed by atoms with E-state index in [4.69, 9.17) is 32.1 Å². The lowest BCUT2D eigenvalue weighted by Gasteiger charge is -2.37. The molecule has 11 nitrogen and oxygen atoms in total. The van der Waals surface area contributed by atoms with Gasteiger partial charge in [0.1, 0.15) is 19.1 Å². The van der Waals surface area contributed by atoms with E-state index in [1.165, 1.54) is 34.2 Å². The highest BCUT2D eigenvalue weighted by Gasteiger charge is 2.39. The van der Waals surface area contributed by atoms with E-state index in [-0.39, 0.29) is 11.6 Å². The first kappa shape index (κ1) is 19.1. The second-order valence-electron chi connectivity index (χ2n) is 7.16. The molecule has 4 rings (SSSR count). The van der Waals surface area contributed by atoms with Gasteiger partial charge in [-0.1, -0.05) is 28.4 Å². The number of hydrogen-bond acceptors (Lipinski definition) is 7. The first-order valence-electron chi connectivity index (χ1n) is 11.1. The van der Waals surface area contributed by atoms with E-state index in [1.807, 2.05) is 0 Å². The normalized spacial score (nSPS) is 16.9. The van der Waals surface area contributed by atoms with Gasteiger partial charge in [-0.2, -0.15) is 5.10 Å². The zero-order valence-electron chi connectivity index (χ0n) is 20.2. The number of benzene rings is 1. The van der Waals surface area contributed by atoms with E-state index in [0.717, 1.165) is 16.7 Å². The van der Waals surface area contributed by atoms with E-state index in [2.05, 4.69) is 15.4 Å². The molecule has 13 heteroatoms. The monoisotopic (exact) mass is 494 g/mol. The number of piperazine rings is 1. The fourth-order valence-corrected chi connectivity index (χ4v) is 3.84. The smallest absolute Gasteiger partial charge is 0.328 e.